The first-order valence-corrected chi connectivity index (χ1v) is 8.94. The van der Waals surface area contributed by atoms with E-state index < -0.39 is 0 Å². The van der Waals surface area contributed by atoms with Gasteiger partial charge in [0.15, 0.2) is 0 Å². The molecule has 0 saturated carbocycles. The molecule has 1 N–H and O–H groups in total. The number of pyridine rings is 1. The van der Waals surface area contributed by atoms with Crippen LogP contribution in [0, 0.1) is 6.92 Å². The Morgan fingerprint density at radius 2 is 2.00 bits per heavy atom. The number of aryl methyl sites for hydroxylation is 1. The lowest BCUT2D eigenvalue weighted by molar-refractivity contribution is 0.245. The van der Waals surface area contributed by atoms with Gasteiger partial charge in [-0.25, -0.2) is 9.78 Å². The average molecular weight is 365 g/mol. The second-order valence-electron chi connectivity index (χ2n) is 6.17. The predicted octanol–water partition coefficient (Wildman–Crippen LogP) is 4.90. The number of urea groups is 1. The Bertz CT molecular complexity index is 843. The quantitative estimate of drug-likeness (QED) is 0.646. The zero-order chi connectivity index (χ0) is 19.1. The molecule has 3 rings (SSSR count). The van der Waals surface area contributed by atoms with E-state index in [1.165, 1.54) is 0 Å². The highest BCUT2D eigenvalue weighted by Crippen LogP contribution is 2.23. The van der Waals surface area contributed by atoms with Crippen LogP contribution in [0.1, 0.15) is 24.7 Å². The van der Waals surface area contributed by atoms with Gasteiger partial charge in [-0.3, -0.25) is 4.90 Å². The van der Waals surface area contributed by atoms with Gasteiger partial charge in [0.05, 0.1) is 24.7 Å². The first-order chi connectivity index (χ1) is 13.2. The van der Waals surface area contributed by atoms with Gasteiger partial charge in [-0.05, 0) is 43.7 Å². The number of benzene rings is 1. The normalized spacial score (nSPS) is 10.4. The topological polar surface area (TPSA) is 67.6 Å². The number of anilines is 1. The highest BCUT2D eigenvalue weighted by atomic mass is 16.5. The van der Waals surface area contributed by atoms with E-state index in [4.69, 9.17) is 9.15 Å². The highest BCUT2D eigenvalue weighted by Gasteiger charge is 2.17. The Kier molecular flexibility index (Phi) is 6.10. The molecular weight excluding hydrogens is 342 g/mol. The lowest BCUT2D eigenvalue weighted by atomic mass is 10.2. The summed E-state index contributed by atoms with van der Waals surface area (Å²) < 4.78 is 11.1. The van der Waals surface area contributed by atoms with Crippen LogP contribution >= 0.6 is 0 Å². The number of furan rings is 1. The van der Waals surface area contributed by atoms with Gasteiger partial charge in [-0.1, -0.05) is 24.6 Å². The largest absolute Gasteiger partial charge is 0.467 e. The molecule has 27 heavy (non-hydrogen) atoms. The third-order valence-electron chi connectivity index (χ3n) is 3.94. The number of carbonyl (C=O) groups is 1. The zero-order valence-corrected chi connectivity index (χ0v) is 15.5. The van der Waals surface area contributed by atoms with Crippen molar-refractivity contribution in [2.45, 2.75) is 26.8 Å². The van der Waals surface area contributed by atoms with Crippen molar-refractivity contribution in [2.75, 3.05) is 11.4 Å². The van der Waals surface area contributed by atoms with Gasteiger partial charge >= 0.3 is 6.03 Å². The summed E-state index contributed by atoms with van der Waals surface area (Å²) in [6.45, 7) is 4.96. The van der Waals surface area contributed by atoms with Gasteiger partial charge in [0.2, 0.25) is 5.88 Å². The van der Waals surface area contributed by atoms with Crippen molar-refractivity contribution < 1.29 is 13.9 Å². The van der Waals surface area contributed by atoms with Crippen LogP contribution in [-0.4, -0.2) is 17.6 Å². The van der Waals surface area contributed by atoms with E-state index in [2.05, 4.69) is 10.3 Å². The third-order valence-corrected chi connectivity index (χ3v) is 3.94. The van der Waals surface area contributed by atoms with Gasteiger partial charge in [0.25, 0.3) is 0 Å². The van der Waals surface area contributed by atoms with Crippen molar-refractivity contribution in [3.8, 4) is 11.6 Å². The van der Waals surface area contributed by atoms with Crippen LogP contribution in [0.25, 0.3) is 0 Å². The number of rotatable bonds is 7. The summed E-state index contributed by atoms with van der Waals surface area (Å²) in [7, 11) is 0. The molecule has 3 aromatic rings. The van der Waals surface area contributed by atoms with Crippen molar-refractivity contribution in [1.29, 1.82) is 0 Å². The number of hydrogen-bond acceptors (Lipinski definition) is 4. The van der Waals surface area contributed by atoms with E-state index in [0.717, 1.165) is 12.0 Å². The Balaban J connectivity index is 1.75. The maximum atomic E-state index is 12.6. The molecule has 0 radical (unpaired) electrons. The van der Waals surface area contributed by atoms with Crippen molar-refractivity contribution in [3.63, 3.8) is 0 Å². The molecule has 2 aromatic heterocycles. The molecule has 0 aliphatic carbocycles. The summed E-state index contributed by atoms with van der Waals surface area (Å²) in [6.07, 6.45) is 4.08. The minimum Gasteiger partial charge on any atom is -0.467 e. The lowest BCUT2D eigenvalue weighted by Gasteiger charge is -2.22. The van der Waals surface area contributed by atoms with Gasteiger partial charge in [0.1, 0.15) is 11.5 Å². The van der Waals surface area contributed by atoms with Crippen LogP contribution < -0.4 is 15.0 Å². The van der Waals surface area contributed by atoms with Gasteiger partial charge in [-0.2, -0.15) is 0 Å². The summed E-state index contributed by atoms with van der Waals surface area (Å²) >= 11 is 0. The van der Waals surface area contributed by atoms with Crippen molar-refractivity contribution >= 4 is 11.7 Å². The monoisotopic (exact) mass is 365 g/mol. The molecule has 6 nitrogen and oxygen atoms in total. The molecular formula is C21H23N3O3. The van der Waals surface area contributed by atoms with Crippen molar-refractivity contribution in [2.24, 2.45) is 0 Å². The summed E-state index contributed by atoms with van der Waals surface area (Å²) in [6, 6.07) is 14.7. The van der Waals surface area contributed by atoms with Gasteiger partial charge in [-0.15, -0.1) is 0 Å². The summed E-state index contributed by atoms with van der Waals surface area (Å²) in [5.41, 5.74) is 1.83. The minimum atomic E-state index is -0.192. The number of hydrogen-bond donors (Lipinski definition) is 1. The third kappa shape index (κ3) is 5.10. The van der Waals surface area contributed by atoms with Gasteiger partial charge < -0.3 is 14.5 Å². The first-order valence-electron chi connectivity index (χ1n) is 8.94. The second-order valence-corrected chi connectivity index (χ2v) is 6.17. The molecule has 2 heterocycles. The van der Waals surface area contributed by atoms with E-state index in [1.807, 2.05) is 50.2 Å². The standard InChI is InChI=1S/C21H23N3O3/c1-3-12-22-21(25)24(15-19-5-4-13-26-19)17-8-11-20(23-14-17)27-18-9-6-16(2)7-10-18/h4-11,13-14H,3,12,15H2,1-2H3,(H,22,25). The molecule has 0 aliphatic rings. The smallest absolute Gasteiger partial charge is 0.322 e. The maximum absolute atomic E-state index is 12.6. The summed E-state index contributed by atoms with van der Waals surface area (Å²) in [5.74, 6) is 1.88. The van der Waals surface area contributed by atoms with E-state index in [-0.39, 0.29) is 6.03 Å². The molecule has 0 unspecified atom stereocenters. The molecule has 0 fully saturated rings. The number of nitrogens with zero attached hydrogens (tertiary/aromatic N) is 2. The fourth-order valence-corrected chi connectivity index (χ4v) is 2.49. The van der Waals surface area contributed by atoms with Gasteiger partial charge in [0, 0.05) is 12.6 Å². The maximum Gasteiger partial charge on any atom is 0.322 e. The SMILES string of the molecule is CCCNC(=O)N(Cc1ccco1)c1ccc(Oc2ccc(C)cc2)nc1. The van der Waals surface area contributed by atoms with Crippen LogP contribution in [0.3, 0.4) is 0 Å². The van der Waals surface area contributed by atoms with Crippen molar-refractivity contribution in [3.05, 3.63) is 72.3 Å². The zero-order valence-electron chi connectivity index (χ0n) is 15.5. The highest BCUT2D eigenvalue weighted by molar-refractivity contribution is 5.91. The van der Waals surface area contributed by atoms with E-state index in [1.54, 1.807) is 29.5 Å². The number of aromatic nitrogens is 1. The van der Waals surface area contributed by atoms with E-state index in [0.29, 0.717) is 36.2 Å². The molecule has 0 aliphatic heterocycles. The number of amides is 2. The predicted molar refractivity (Wildman–Crippen MR) is 104 cm³/mol. The van der Waals surface area contributed by atoms with Crippen LogP contribution in [0.5, 0.6) is 11.6 Å². The van der Waals surface area contributed by atoms with Crippen molar-refractivity contribution in [1.82, 2.24) is 10.3 Å². The molecule has 2 amide bonds. The summed E-state index contributed by atoms with van der Waals surface area (Å²) in [5, 5.41) is 2.89. The molecule has 0 bridgehead atoms. The van der Waals surface area contributed by atoms with Crippen LogP contribution in [0.4, 0.5) is 10.5 Å². The Morgan fingerprint density at radius 1 is 1.19 bits per heavy atom. The fraction of sp³-hybridized carbons (Fsp3) is 0.238. The molecule has 140 valence electrons. The molecule has 1 aromatic carbocycles. The molecule has 0 saturated heterocycles. The Hall–Kier alpha value is -3.28. The second kappa shape index (κ2) is 8.89. The minimum absolute atomic E-state index is 0.192. The fourth-order valence-electron chi connectivity index (χ4n) is 2.49. The lowest BCUT2D eigenvalue weighted by Crippen LogP contribution is -2.40. The number of nitrogens with one attached hydrogen (secondary N) is 1. The molecule has 6 heteroatoms. The van der Waals surface area contributed by atoms with Crippen LogP contribution in [0.15, 0.2) is 65.4 Å². The van der Waals surface area contributed by atoms with E-state index in [9.17, 15) is 4.79 Å². The molecule has 0 spiro atoms. The number of ether oxygens (including phenoxy) is 1. The van der Waals surface area contributed by atoms with Crippen LogP contribution in [0.2, 0.25) is 0 Å². The first kappa shape index (κ1) is 18.5. The number of carbonyl (C=O) groups excluding carboxylic acids is 1. The molecule has 0 atom stereocenters. The van der Waals surface area contributed by atoms with E-state index >= 15 is 0 Å². The summed E-state index contributed by atoms with van der Waals surface area (Å²) in [4.78, 5) is 18.5. The Morgan fingerprint density at radius 3 is 2.63 bits per heavy atom. The van der Waals surface area contributed by atoms with Crippen LogP contribution in [-0.2, 0) is 6.54 Å². The Labute approximate surface area is 158 Å². The average Bonchev–Trinajstić information content (AvgIpc) is 3.20.